The quantitative estimate of drug-likeness (QED) is 0.603. The molecule has 0 N–H and O–H groups in total. The Morgan fingerprint density at radius 2 is 1.58 bits per heavy atom. The fourth-order valence-corrected chi connectivity index (χ4v) is 3.85. The standard InChI is InChI=1S/C23H31O2P/c1-15(2)14-25-20-12-16(3)21(17(4)13-20)26-22(24)18-8-10-19(11-9-18)23(5,6)7/h8-13,15,26H,14H2,1-7H3. The molecule has 1 unspecified atom stereocenters. The zero-order valence-corrected chi connectivity index (χ0v) is 18.1. The predicted octanol–water partition coefficient (Wildman–Crippen LogP) is 5.78. The summed E-state index contributed by atoms with van der Waals surface area (Å²) in [6.45, 7) is 15.7. The average molecular weight is 370 g/mol. The molecule has 0 heterocycles. The van der Waals surface area contributed by atoms with E-state index in [1.54, 1.807) is 0 Å². The highest BCUT2D eigenvalue weighted by Crippen LogP contribution is 2.27. The van der Waals surface area contributed by atoms with E-state index in [0.717, 1.165) is 27.7 Å². The van der Waals surface area contributed by atoms with Crippen LogP contribution in [0.25, 0.3) is 0 Å². The molecule has 0 saturated carbocycles. The maximum Gasteiger partial charge on any atom is 0.185 e. The first kappa shape index (κ1) is 20.6. The molecule has 2 rings (SSSR count). The van der Waals surface area contributed by atoms with E-state index in [1.165, 1.54) is 5.56 Å². The minimum atomic E-state index is 0.100. The minimum Gasteiger partial charge on any atom is -0.493 e. The summed E-state index contributed by atoms with van der Waals surface area (Å²) in [7, 11) is 0.136. The van der Waals surface area contributed by atoms with Crippen LogP contribution in [-0.4, -0.2) is 12.1 Å². The van der Waals surface area contributed by atoms with Gasteiger partial charge >= 0.3 is 0 Å². The molecule has 0 fully saturated rings. The third-order valence-electron chi connectivity index (χ3n) is 4.34. The van der Waals surface area contributed by atoms with Crippen LogP contribution in [0.1, 0.15) is 61.7 Å². The van der Waals surface area contributed by atoms with E-state index in [9.17, 15) is 4.79 Å². The van der Waals surface area contributed by atoms with Crippen molar-refractivity contribution in [1.82, 2.24) is 0 Å². The molecule has 0 aliphatic heterocycles. The second-order valence-electron chi connectivity index (χ2n) is 8.42. The largest absolute Gasteiger partial charge is 0.493 e. The Hall–Kier alpha value is -1.66. The van der Waals surface area contributed by atoms with Crippen molar-refractivity contribution in [3.8, 4) is 5.75 Å². The Bertz CT molecular complexity index is 745. The molecule has 0 saturated heterocycles. The van der Waals surface area contributed by atoms with Crippen LogP contribution in [0.5, 0.6) is 5.75 Å². The summed E-state index contributed by atoms with van der Waals surface area (Å²) in [6.07, 6.45) is 0. The van der Waals surface area contributed by atoms with E-state index in [0.29, 0.717) is 12.5 Å². The molecular weight excluding hydrogens is 339 g/mol. The van der Waals surface area contributed by atoms with Crippen molar-refractivity contribution >= 4 is 19.4 Å². The number of aryl methyl sites for hydroxylation is 2. The number of benzene rings is 2. The molecule has 0 spiro atoms. The Kier molecular flexibility index (Phi) is 6.64. The number of rotatable bonds is 6. The summed E-state index contributed by atoms with van der Waals surface area (Å²) in [5.41, 5.74) is 4.57. The van der Waals surface area contributed by atoms with Gasteiger partial charge in [-0.3, -0.25) is 4.79 Å². The van der Waals surface area contributed by atoms with E-state index >= 15 is 0 Å². The summed E-state index contributed by atoms with van der Waals surface area (Å²) in [4.78, 5) is 12.8. The number of hydrogen-bond acceptors (Lipinski definition) is 2. The summed E-state index contributed by atoms with van der Waals surface area (Å²) in [6, 6.07) is 12.2. The molecule has 0 radical (unpaired) electrons. The Balaban J connectivity index is 2.16. The number of ether oxygens (including phenoxy) is 1. The number of carbonyl (C=O) groups excluding carboxylic acids is 1. The fourth-order valence-electron chi connectivity index (χ4n) is 2.77. The molecule has 0 aliphatic rings. The SMILES string of the molecule is Cc1cc(OCC(C)C)cc(C)c1PC(=O)c1ccc(C(C)(C)C)cc1. The van der Waals surface area contributed by atoms with Crippen LogP contribution >= 0.6 is 8.58 Å². The lowest BCUT2D eigenvalue weighted by atomic mass is 9.87. The summed E-state index contributed by atoms with van der Waals surface area (Å²) in [5, 5.41) is 1.13. The molecular formula is C23H31O2P. The topological polar surface area (TPSA) is 26.3 Å². The highest BCUT2D eigenvalue weighted by molar-refractivity contribution is 7.66. The van der Waals surface area contributed by atoms with Crippen LogP contribution in [0.15, 0.2) is 36.4 Å². The minimum absolute atomic E-state index is 0.100. The molecule has 1 atom stereocenters. The normalized spacial score (nSPS) is 12.2. The highest BCUT2D eigenvalue weighted by Gasteiger charge is 2.16. The first-order valence-corrected chi connectivity index (χ1v) is 10.2. The van der Waals surface area contributed by atoms with Crippen molar-refractivity contribution in [1.29, 1.82) is 0 Å². The maximum absolute atomic E-state index is 12.8. The second kappa shape index (κ2) is 8.35. The molecule has 0 amide bonds. The monoisotopic (exact) mass is 370 g/mol. The van der Waals surface area contributed by atoms with E-state index < -0.39 is 0 Å². The lowest BCUT2D eigenvalue weighted by Crippen LogP contribution is -2.12. The van der Waals surface area contributed by atoms with Crippen LogP contribution in [0, 0.1) is 19.8 Å². The van der Waals surface area contributed by atoms with Gasteiger partial charge in [0.2, 0.25) is 0 Å². The van der Waals surface area contributed by atoms with Crippen LogP contribution in [0.4, 0.5) is 0 Å². The zero-order valence-electron chi connectivity index (χ0n) is 17.1. The number of carbonyl (C=O) groups is 1. The Morgan fingerprint density at radius 1 is 1.04 bits per heavy atom. The third-order valence-corrected chi connectivity index (χ3v) is 5.90. The van der Waals surface area contributed by atoms with Gasteiger partial charge in [-0.15, -0.1) is 0 Å². The van der Waals surface area contributed by atoms with Crippen LogP contribution in [-0.2, 0) is 5.41 Å². The highest BCUT2D eigenvalue weighted by atomic mass is 31.1. The van der Waals surface area contributed by atoms with Crippen molar-refractivity contribution in [2.45, 2.75) is 53.9 Å². The van der Waals surface area contributed by atoms with Gasteiger partial charge in [0, 0.05) is 5.56 Å². The Labute approximate surface area is 160 Å². The summed E-state index contributed by atoms with van der Waals surface area (Å²) < 4.78 is 5.84. The summed E-state index contributed by atoms with van der Waals surface area (Å²) >= 11 is 0. The van der Waals surface area contributed by atoms with Gasteiger partial charge < -0.3 is 4.74 Å². The van der Waals surface area contributed by atoms with E-state index in [2.05, 4.69) is 60.6 Å². The lowest BCUT2D eigenvalue weighted by molar-refractivity contribution is 0.108. The van der Waals surface area contributed by atoms with Gasteiger partial charge in [-0.2, -0.15) is 0 Å². The second-order valence-corrected chi connectivity index (χ2v) is 9.62. The molecule has 2 aromatic carbocycles. The van der Waals surface area contributed by atoms with Crippen molar-refractivity contribution in [2.24, 2.45) is 5.92 Å². The zero-order chi connectivity index (χ0) is 19.5. The molecule has 0 aromatic heterocycles. The van der Waals surface area contributed by atoms with E-state index in [4.69, 9.17) is 4.74 Å². The summed E-state index contributed by atoms with van der Waals surface area (Å²) in [5.74, 6) is 1.39. The van der Waals surface area contributed by atoms with Crippen molar-refractivity contribution in [3.63, 3.8) is 0 Å². The molecule has 2 aromatic rings. The molecule has 26 heavy (non-hydrogen) atoms. The van der Waals surface area contributed by atoms with Gasteiger partial charge in [0.15, 0.2) is 5.52 Å². The predicted molar refractivity (Wildman–Crippen MR) is 114 cm³/mol. The molecule has 0 aliphatic carbocycles. The van der Waals surface area contributed by atoms with Crippen molar-refractivity contribution in [3.05, 3.63) is 58.7 Å². The third kappa shape index (κ3) is 5.42. The van der Waals surface area contributed by atoms with Crippen LogP contribution < -0.4 is 10.0 Å². The smallest absolute Gasteiger partial charge is 0.185 e. The van der Waals surface area contributed by atoms with Crippen LogP contribution in [0.3, 0.4) is 0 Å². The molecule has 0 bridgehead atoms. The van der Waals surface area contributed by atoms with E-state index in [1.807, 2.05) is 24.3 Å². The average Bonchev–Trinajstić information content (AvgIpc) is 2.55. The first-order valence-electron chi connectivity index (χ1n) is 9.24. The van der Waals surface area contributed by atoms with Gasteiger partial charge in [-0.1, -0.05) is 58.9 Å². The van der Waals surface area contributed by atoms with Gasteiger partial charge in [-0.25, -0.2) is 0 Å². The van der Waals surface area contributed by atoms with Gasteiger partial charge in [0.05, 0.1) is 6.61 Å². The molecule has 2 nitrogen and oxygen atoms in total. The van der Waals surface area contributed by atoms with Crippen molar-refractivity contribution in [2.75, 3.05) is 6.61 Å². The first-order chi connectivity index (χ1) is 12.1. The molecule has 140 valence electrons. The Morgan fingerprint density at radius 3 is 2.04 bits per heavy atom. The van der Waals surface area contributed by atoms with Gasteiger partial charge in [0.1, 0.15) is 5.75 Å². The van der Waals surface area contributed by atoms with Crippen LogP contribution in [0.2, 0.25) is 0 Å². The van der Waals surface area contributed by atoms with E-state index in [-0.39, 0.29) is 19.5 Å². The lowest BCUT2D eigenvalue weighted by Gasteiger charge is -2.19. The fraction of sp³-hybridized carbons (Fsp3) is 0.435. The molecule has 3 heteroatoms. The van der Waals surface area contributed by atoms with Gasteiger partial charge in [-0.05, 0) is 67.9 Å². The van der Waals surface area contributed by atoms with Crippen molar-refractivity contribution < 1.29 is 9.53 Å². The van der Waals surface area contributed by atoms with Gasteiger partial charge in [0.25, 0.3) is 0 Å². The number of hydrogen-bond donors (Lipinski definition) is 0. The maximum atomic E-state index is 12.8.